The lowest BCUT2D eigenvalue weighted by Crippen LogP contribution is -2.41. The Morgan fingerprint density at radius 2 is 2.25 bits per heavy atom. The maximum Gasteiger partial charge on any atom is 0.262 e. The predicted molar refractivity (Wildman–Crippen MR) is 88.5 cm³/mol. The number of ether oxygens (including phenoxy) is 2. The van der Waals surface area contributed by atoms with Crippen molar-refractivity contribution in [1.82, 2.24) is 10.2 Å². The minimum Gasteiger partial charge on any atom is -0.504 e. The number of aromatic hydroxyl groups is 1. The molecule has 0 bridgehead atoms. The Kier molecular flexibility index (Phi) is 6.61. The maximum atomic E-state index is 12.1. The molecule has 1 fully saturated rings. The summed E-state index contributed by atoms with van der Waals surface area (Å²) < 4.78 is 10.3. The Morgan fingerprint density at radius 1 is 1.50 bits per heavy atom. The molecule has 0 aromatic heterocycles. The van der Waals surface area contributed by atoms with Gasteiger partial charge in [0.05, 0.1) is 20.3 Å². The van der Waals surface area contributed by atoms with Gasteiger partial charge in [-0.25, -0.2) is 0 Å². The molecule has 1 aliphatic rings. The summed E-state index contributed by atoms with van der Waals surface area (Å²) in [4.78, 5) is 14.3. The number of carbonyl (C=O) groups excluding carboxylic acids is 1. The fourth-order valence-corrected chi connectivity index (χ4v) is 2.37. The van der Waals surface area contributed by atoms with Crippen LogP contribution in [0.25, 0.3) is 6.08 Å². The van der Waals surface area contributed by atoms with Gasteiger partial charge in [-0.15, -0.1) is 0 Å². The number of methoxy groups -OCH3 is 1. The molecule has 128 valence electrons. The molecule has 1 amide bonds. The van der Waals surface area contributed by atoms with Crippen molar-refractivity contribution >= 4 is 12.0 Å². The maximum absolute atomic E-state index is 12.1. The summed E-state index contributed by atoms with van der Waals surface area (Å²) in [5, 5.41) is 22.0. The van der Waals surface area contributed by atoms with Crippen LogP contribution in [0.3, 0.4) is 0 Å². The third-order valence-electron chi connectivity index (χ3n) is 3.73. The van der Waals surface area contributed by atoms with Crippen LogP contribution < -0.4 is 10.1 Å². The molecule has 2 N–H and O–H groups in total. The van der Waals surface area contributed by atoms with Crippen molar-refractivity contribution < 1.29 is 19.4 Å². The molecule has 1 aromatic rings. The molecule has 7 heteroatoms. The van der Waals surface area contributed by atoms with E-state index in [1.54, 1.807) is 18.2 Å². The van der Waals surface area contributed by atoms with Crippen molar-refractivity contribution in [2.75, 3.05) is 46.5 Å². The van der Waals surface area contributed by atoms with Gasteiger partial charge in [0.2, 0.25) is 0 Å². The molecular formula is C17H21N3O4. The minimum atomic E-state index is -0.465. The minimum absolute atomic E-state index is 0.0690. The number of phenols is 1. The number of morpholine rings is 1. The molecular weight excluding hydrogens is 310 g/mol. The van der Waals surface area contributed by atoms with Gasteiger partial charge >= 0.3 is 0 Å². The molecule has 1 aliphatic heterocycles. The van der Waals surface area contributed by atoms with Crippen LogP contribution >= 0.6 is 0 Å². The number of amides is 1. The smallest absolute Gasteiger partial charge is 0.262 e. The van der Waals surface area contributed by atoms with Crippen molar-refractivity contribution in [3.63, 3.8) is 0 Å². The first-order chi connectivity index (χ1) is 11.7. The Hall–Kier alpha value is -2.56. The van der Waals surface area contributed by atoms with Gasteiger partial charge in [0.1, 0.15) is 11.6 Å². The van der Waals surface area contributed by atoms with E-state index >= 15 is 0 Å². The van der Waals surface area contributed by atoms with Gasteiger partial charge < -0.3 is 19.9 Å². The fraction of sp³-hybridized carbons (Fsp3) is 0.412. The average molecular weight is 331 g/mol. The van der Waals surface area contributed by atoms with Crippen molar-refractivity contribution in [3.8, 4) is 17.6 Å². The normalized spacial score (nSPS) is 15.6. The third kappa shape index (κ3) is 4.72. The number of hydrogen-bond donors (Lipinski definition) is 2. The van der Waals surface area contributed by atoms with E-state index in [1.165, 1.54) is 13.2 Å². The lowest BCUT2D eigenvalue weighted by atomic mass is 10.1. The van der Waals surface area contributed by atoms with E-state index < -0.39 is 5.91 Å². The SMILES string of the molecule is COc1cccc(/C=C(/C#N)C(=O)NCCN2CCOCC2)c1O. The molecule has 0 unspecified atom stereocenters. The highest BCUT2D eigenvalue weighted by molar-refractivity contribution is 6.02. The van der Waals surface area contributed by atoms with Gasteiger partial charge in [-0.05, 0) is 12.1 Å². The van der Waals surface area contributed by atoms with Gasteiger partial charge in [0, 0.05) is 31.7 Å². The Balaban J connectivity index is 1.97. The number of para-hydroxylation sites is 1. The standard InChI is InChI=1S/C17H21N3O4/c1-23-15-4-2-3-13(16(15)21)11-14(12-18)17(22)19-5-6-20-7-9-24-10-8-20/h2-4,11,21H,5-10H2,1H3,(H,19,22)/b14-11-. The highest BCUT2D eigenvalue weighted by Crippen LogP contribution is 2.30. The topological polar surface area (TPSA) is 94.8 Å². The number of benzene rings is 1. The monoisotopic (exact) mass is 331 g/mol. The van der Waals surface area contributed by atoms with Crippen LogP contribution in [-0.2, 0) is 9.53 Å². The summed E-state index contributed by atoms with van der Waals surface area (Å²) in [6.45, 7) is 4.24. The number of nitrogens with one attached hydrogen (secondary N) is 1. The highest BCUT2D eigenvalue weighted by Gasteiger charge is 2.13. The zero-order valence-corrected chi connectivity index (χ0v) is 13.6. The van der Waals surface area contributed by atoms with E-state index in [1.807, 2.05) is 6.07 Å². The number of phenolic OH excluding ortho intramolecular Hbond substituents is 1. The van der Waals surface area contributed by atoms with Crippen LogP contribution in [0.1, 0.15) is 5.56 Å². The van der Waals surface area contributed by atoms with Gasteiger partial charge in [0.15, 0.2) is 11.5 Å². The highest BCUT2D eigenvalue weighted by atomic mass is 16.5. The molecule has 0 spiro atoms. The lowest BCUT2D eigenvalue weighted by molar-refractivity contribution is -0.117. The molecule has 2 rings (SSSR count). The van der Waals surface area contributed by atoms with Crippen LogP contribution in [0.5, 0.6) is 11.5 Å². The summed E-state index contributed by atoms with van der Waals surface area (Å²) in [6.07, 6.45) is 1.35. The van der Waals surface area contributed by atoms with Gasteiger partial charge in [-0.1, -0.05) is 12.1 Å². The van der Waals surface area contributed by atoms with E-state index in [2.05, 4.69) is 10.2 Å². The van der Waals surface area contributed by atoms with Gasteiger partial charge in [-0.2, -0.15) is 5.26 Å². The third-order valence-corrected chi connectivity index (χ3v) is 3.73. The summed E-state index contributed by atoms with van der Waals surface area (Å²) in [5.41, 5.74) is 0.287. The molecule has 24 heavy (non-hydrogen) atoms. The molecule has 7 nitrogen and oxygen atoms in total. The number of rotatable bonds is 6. The number of carbonyl (C=O) groups is 1. The van der Waals surface area contributed by atoms with Crippen LogP contribution in [0.4, 0.5) is 0 Å². The second-order valence-corrected chi connectivity index (χ2v) is 5.28. The quantitative estimate of drug-likeness (QED) is 0.590. The Labute approximate surface area is 141 Å². The number of nitriles is 1. The van der Waals surface area contributed by atoms with E-state index in [-0.39, 0.29) is 17.1 Å². The number of nitrogens with zero attached hydrogens (tertiary/aromatic N) is 2. The largest absolute Gasteiger partial charge is 0.504 e. The van der Waals surface area contributed by atoms with E-state index in [0.717, 1.165) is 13.1 Å². The van der Waals surface area contributed by atoms with E-state index in [0.29, 0.717) is 31.9 Å². The summed E-state index contributed by atoms with van der Waals surface area (Å²) in [6, 6.07) is 6.75. The van der Waals surface area contributed by atoms with Crippen LogP contribution in [-0.4, -0.2) is 62.4 Å². The molecule has 0 aliphatic carbocycles. The van der Waals surface area contributed by atoms with Crippen molar-refractivity contribution in [2.24, 2.45) is 0 Å². The first kappa shape index (κ1) is 17.8. The predicted octanol–water partition coefficient (Wildman–Crippen LogP) is 0.756. The zero-order valence-electron chi connectivity index (χ0n) is 13.6. The Morgan fingerprint density at radius 3 is 2.92 bits per heavy atom. The lowest BCUT2D eigenvalue weighted by Gasteiger charge is -2.26. The molecule has 1 saturated heterocycles. The molecule has 1 heterocycles. The molecule has 0 radical (unpaired) electrons. The van der Waals surface area contributed by atoms with E-state index in [4.69, 9.17) is 9.47 Å². The van der Waals surface area contributed by atoms with Crippen LogP contribution in [0.2, 0.25) is 0 Å². The van der Waals surface area contributed by atoms with Crippen LogP contribution in [0, 0.1) is 11.3 Å². The van der Waals surface area contributed by atoms with Crippen molar-refractivity contribution in [1.29, 1.82) is 5.26 Å². The fourth-order valence-electron chi connectivity index (χ4n) is 2.37. The van der Waals surface area contributed by atoms with Gasteiger partial charge in [-0.3, -0.25) is 9.69 Å². The van der Waals surface area contributed by atoms with Gasteiger partial charge in [0.25, 0.3) is 5.91 Å². The number of hydrogen-bond acceptors (Lipinski definition) is 6. The molecule has 0 atom stereocenters. The molecule has 1 aromatic carbocycles. The Bertz CT molecular complexity index is 646. The van der Waals surface area contributed by atoms with Crippen molar-refractivity contribution in [2.45, 2.75) is 0 Å². The van der Waals surface area contributed by atoms with Crippen LogP contribution in [0.15, 0.2) is 23.8 Å². The summed E-state index contributed by atoms with van der Waals surface area (Å²) in [7, 11) is 1.44. The summed E-state index contributed by atoms with van der Waals surface area (Å²) in [5.74, 6) is -0.282. The van der Waals surface area contributed by atoms with E-state index in [9.17, 15) is 15.2 Å². The first-order valence-electron chi connectivity index (χ1n) is 7.71. The second kappa shape index (κ2) is 8.91. The molecule has 0 saturated carbocycles. The second-order valence-electron chi connectivity index (χ2n) is 5.28. The summed E-state index contributed by atoms with van der Waals surface area (Å²) >= 11 is 0. The van der Waals surface area contributed by atoms with Crippen molar-refractivity contribution in [3.05, 3.63) is 29.3 Å². The zero-order chi connectivity index (χ0) is 17.4. The average Bonchev–Trinajstić information content (AvgIpc) is 2.61. The first-order valence-corrected chi connectivity index (χ1v) is 7.71.